The molecular formula is C16H20F3N3O2. The molecule has 0 aliphatic carbocycles. The van der Waals surface area contributed by atoms with Crippen LogP contribution in [0.4, 0.5) is 13.2 Å². The number of nitrogens with zero attached hydrogens (tertiary/aromatic N) is 1. The summed E-state index contributed by atoms with van der Waals surface area (Å²) < 4.78 is 39.8. The molecule has 1 fully saturated rings. The van der Waals surface area contributed by atoms with Crippen LogP contribution in [-0.4, -0.2) is 41.9 Å². The quantitative estimate of drug-likeness (QED) is 0.786. The highest BCUT2D eigenvalue weighted by Crippen LogP contribution is 2.17. The van der Waals surface area contributed by atoms with Crippen LogP contribution in [0.25, 0.3) is 0 Å². The van der Waals surface area contributed by atoms with Crippen molar-refractivity contribution in [1.29, 1.82) is 0 Å². The third-order valence-electron chi connectivity index (χ3n) is 4.05. The summed E-state index contributed by atoms with van der Waals surface area (Å²) in [6.45, 7) is 2.55. The third kappa shape index (κ3) is 4.05. The first-order valence-corrected chi connectivity index (χ1v) is 7.79. The molecule has 1 aromatic carbocycles. The highest BCUT2D eigenvalue weighted by atomic mass is 19.2. The maximum absolute atomic E-state index is 13.6. The Morgan fingerprint density at radius 3 is 2.67 bits per heavy atom. The van der Waals surface area contributed by atoms with Gasteiger partial charge in [0, 0.05) is 31.6 Å². The Balaban J connectivity index is 2.01. The zero-order valence-electron chi connectivity index (χ0n) is 13.3. The first-order chi connectivity index (χ1) is 11.3. The zero-order chi connectivity index (χ0) is 17.9. The first kappa shape index (κ1) is 18.3. The minimum atomic E-state index is -1.27. The normalized spacial score (nSPS) is 19.1. The van der Waals surface area contributed by atoms with Crippen molar-refractivity contribution in [3.63, 3.8) is 0 Å². The average molecular weight is 343 g/mol. The number of halogens is 3. The van der Waals surface area contributed by atoms with E-state index >= 15 is 0 Å². The van der Waals surface area contributed by atoms with Gasteiger partial charge in [0.1, 0.15) is 11.9 Å². The lowest BCUT2D eigenvalue weighted by Crippen LogP contribution is -2.57. The molecule has 1 aromatic rings. The summed E-state index contributed by atoms with van der Waals surface area (Å²) in [7, 11) is 0. The minimum absolute atomic E-state index is 0.0855. The fraction of sp³-hybridized carbons (Fsp3) is 0.500. The van der Waals surface area contributed by atoms with Gasteiger partial charge in [-0.2, -0.15) is 0 Å². The Bertz CT molecular complexity index is 639. The molecule has 0 aromatic heterocycles. The smallest absolute Gasteiger partial charge is 0.242 e. The van der Waals surface area contributed by atoms with E-state index in [1.807, 2.05) is 0 Å². The van der Waals surface area contributed by atoms with Crippen LogP contribution >= 0.6 is 0 Å². The monoisotopic (exact) mass is 343 g/mol. The first-order valence-electron chi connectivity index (χ1n) is 7.79. The number of hydrogen-bond donors (Lipinski definition) is 2. The second-order valence-electron chi connectivity index (χ2n) is 5.83. The average Bonchev–Trinajstić information content (AvgIpc) is 2.52. The van der Waals surface area contributed by atoms with Crippen molar-refractivity contribution in [3.8, 4) is 0 Å². The Morgan fingerprint density at radius 2 is 2.00 bits per heavy atom. The fourth-order valence-corrected chi connectivity index (χ4v) is 2.84. The summed E-state index contributed by atoms with van der Waals surface area (Å²) in [6, 6.07) is -0.0998. The lowest BCUT2D eigenvalue weighted by Gasteiger charge is -2.35. The van der Waals surface area contributed by atoms with Gasteiger partial charge in [-0.25, -0.2) is 13.2 Å². The number of hydrogen-bond acceptors (Lipinski definition) is 3. The van der Waals surface area contributed by atoms with Crippen molar-refractivity contribution in [1.82, 2.24) is 10.2 Å². The van der Waals surface area contributed by atoms with E-state index in [9.17, 15) is 22.8 Å². The van der Waals surface area contributed by atoms with E-state index in [2.05, 4.69) is 5.32 Å². The van der Waals surface area contributed by atoms with Crippen LogP contribution in [0.5, 0.6) is 0 Å². The minimum Gasteiger partial charge on any atom is -0.353 e. The number of piperazine rings is 1. The third-order valence-corrected chi connectivity index (χ3v) is 4.05. The maximum Gasteiger partial charge on any atom is 0.242 e. The molecule has 0 saturated carbocycles. The van der Waals surface area contributed by atoms with Crippen molar-refractivity contribution in [2.24, 2.45) is 5.73 Å². The van der Waals surface area contributed by atoms with E-state index in [4.69, 9.17) is 5.73 Å². The van der Waals surface area contributed by atoms with Gasteiger partial charge >= 0.3 is 0 Å². The molecular weight excluding hydrogens is 323 g/mol. The molecule has 1 heterocycles. The summed E-state index contributed by atoms with van der Waals surface area (Å²) in [5, 5.41) is 2.69. The summed E-state index contributed by atoms with van der Waals surface area (Å²) in [5.74, 6) is -3.86. The molecule has 1 aliphatic heterocycles. The van der Waals surface area contributed by atoms with Crippen molar-refractivity contribution >= 4 is 11.8 Å². The number of benzene rings is 1. The molecule has 2 atom stereocenters. The van der Waals surface area contributed by atoms with Gasteiger partial charge in [-0.15, -0.1) is 0 Å². The summed E-state index contributed by atoms with van der Waals surface area (Å²) in [5.41, 5.74) is 5.78. The standard InChI is InChI=1S/C16H20F3N3O2/c1-2-14-16(24)21-3-4-22(14)15(23)7-10(20)5-9-6-12(18)13(19)8-11(9)17/h6,8,10,14H,2-5,7,20H2,1H3,(H,21,24)/t10-,14?/m1/s1. The summed E-state index contributed by atoms with van der Waals surface area (Å²) >= 11 is 0. The van der Waals surface area contributed by atoms with Gasteiger partial charge < -0.3 is 16.0 Å². The van der Waals surface area contributed by atoms with Crippen LogP contribution in [0.1, 0.15) is 25.3 Å². The molecule has 1 unspecified atom stereocenters. The molecule has 0 spiro atoms. The number of carbonyl (C=O) groups is 2. The molecule has 2 rings (SSSR count). The van der Waals surface area contributed by atoms with Gasteiger partial charge in [-0.1, -0.05) is 6.92 Å². The molecule has 24 heavy (non-hydrogen) atoms. The molecule has 8 heteroatoms. The molecule has 5 nitrogen and oxygen atoms in total. The largest absolute Gasteiger partial charge is 0.353 e. The molecule has 3 N–H and O–H groups in total. The number of amides is 2. The van der Waals surface area contributed by atoms with E-state index < -0.39 is 29.5 Å². The van der Waals surface area contributed by atoms with E-state index in [1.54, 1.807) is 6.92 Å². The van der Waals surface area contributed by atoms with Gasteiger partial charge in [0.2, 0.25) is 11.8 Å². The van der Waals surface area contributed by atoms with Crippen LogP contribution in [0.2, 0.25) is 0 Å². The van der Waals surface area contributed by atoms with Crippen molar-refractivity contribution in [2.45, 2.75) is 38.3 Å². The molecule has 2 amide bonds. The van der Waals surface area contributed by atoms with Crippen molar-refractivity contribution in [3.05, 3.63) is 35.1 Å². The highest BCUT2D eigenvalue weighted by Gasteiger charge is 2.32. The Labute approximate surface area is 138 Å². The summed E-state index contributed by atoms with van der Waals surface area (Å²) in [6.07, 6.45) is 0.262. The van der Waals surface area contributed by atoms with E-state index in [-0.39, 0.29) is 30.2 Å². The summed E-state index contributed by atoms with van der Waals surface area (Å²) in [4.78, 5) is 25.6. The van der Waals surface area contributed by atoms with Crippen LogP contribution < -0.4 is 11.1 Å². The number of carbonyl (C=O) groups excluding carboxylic acids is 2. The maximum atomic E-state index is 13.6. The second-order valence-corrected chi connectivity index (χ2v) is 5.83. The molecule has 0 radical (unpaired) electrons. The Kier molecular flexibility index (Phi) is 5.82. The fourth-order valence-electron chi connectivity index (χ4n) is 2.84. The van der Waals surface area contributed by atoms with Gasteiger partial charge in [0.15, 0.2) is 11.6 Å². The lowest BCUT2D eigenvalue weighted by atomic mass is 10.0. The predicted octanol–water partition coefficient (Wildman–Crippen LogP) is 1.10. The van der Waals surface area contributed by atoms with Crippen LogP contribution in [0.15, 0.2) is 12.1 Å². The van der Waals surface area contributed by atoms with Crippen LogP contribution in [0.3, 0.4) is 0 Å². The van der Waals surface area contributed by atoms with Gasteiger partial charge in [-0.3, -0.25) is 9.59 Å². The van der Waals surface area contributed by atoms with Crippen molar-refractivity contribution in [2.75, 3.05) is 13.1 Å². The predicted molar refractivity (Wildman–Crippen MR) is 81.4 cm³/mol. The van der Waals surface area contributed by atoms with E-state index in [0.29, 0.717) is 25.6 Å². The van der Waals surface area contributed by atoms with Gasteiger partial charge in [0.25, 0.3) is 0 Å². The Hall–Kier alpha value is -2.09. The van der Waals surface area contributed by atoms with Gasteiger partial charge in [0.05, 0.1) is 0 Å². The van der Waals surface area contributed by atoms with Crippen molar-refractivity contribution < 1.29 is 22.8 Å². The second kappa shape index (κ2) is 7.65. The molecule has 1 saturated heterocycles. The van der Waals surface area contributed by atoms with Crippen LogP contribution in [0, 0.1) is 17.5 Å². The SMILES string of the molecule is CCC1C(=O)NCCN1C(=O)C[C@H](N)Cc1cc(F)c(F)cc1F. The topological polar surface area (TPSA) is 75.4 Å². The number of nitrogens with two attached hydrogens (primary N) is 1. The number of rotatable bonds is 5. The Morgan fingerprint density at radius 1 is 1.33 bits per heavy atom. The molecule has 0 bridgehead atoms. The van der Waals surface area contributed by atoms with Gasteiger partial charge in [-0.05, 0) is 24.5 Å². The lowest BCUT2D eigenvalue weighted by molar-refractivity contribution is -0.143. The molecule has 132 valence electrons. The van der Waals surface area contributed by atoms with Crippen LogP contribution in [-0.2, 0) is 16.0 Å². The highest BCUT2D eigenvalue weighted by molar-refractivity contribution is 5.88. The van der Waals surface area contributed by atoms with E-state index in [0.717, 1.165) is 6.07 Å². The zero-order valence-corrected chi connectivity index (χ0v) is 13.3. The molecule has 1 aliphatic rings. The number of nitrogens with one attached hydrogen (secondary N) is 1. The van der Waals surface area contributed by atoms with E-state index in [1.165, 1.54) is 4.90 Å².